The number of rotatable bonds is 9. The fourth-order valence-corrected chi connectivity index (χ4v) is 2.62. The number of ether oxygens (including phenoxy) is 3. The summed E-state index contributed by atoms with van der Waals surface area (Å²) in [6.07, 6.45) is 0.414. The summed E-state index contributed by atoms with van der Waals surface area (Å²) in [7, 11) is 0. The Morgan fingerprint density at radius 2 is 1.79 bits per heavy atom. The largest absolute Gasteiger partial charge is 0.486 e. The topological polar surface area (TPSA) is 87.9 Å². The molecule has 0 N–H and O–H groups in total. The molecule has 0 saturated heterocycles. The van der Waals surface area contributed by atoms with Crippen LogP contribution in [0.3, 0.4) is 0 Å². The van der Waals surface area contributed by atoms with Crippen molar-refractivity contribution in [2.45, 2.75) is 45.8 Å². The number of esters is 1. The average Bonchev–Trinajstić information content (AvgIpc) is 2.66. The van der Waals surface area contributed by atoms with Gasteiger partial charge in [0.05, 0.1) is 11.5 Å². The maximum Gasteiger partial charge on any atom is 0.349 e. The predicted molar refractivity (Wildman–Crippen MR) is 105 cm³/mol. The Labute approximate surface area is 164 Å². The molecule has 0 fully saturated rings. The predicted octanol–water partition coefficient (Wildman–Crippen LogP) is 4.85. The van der Waals surface area contributed by atoms with Gasteiger partial charge in [0.1, 0.15) is 17.6 Å². The van der Waals surface area contributed by atoms with E-state index in [2.05, 4.69) is 0 Å². The number of non-ortho nitro benzene ring substituents is 1. The number of hydrogen-bond donors (Lipinski definition) is 0. The van der Waals surface area contributed by atoms with E-state index in [1.807, 2.05) is 25.1 Å². The molecule has 1 unspecified atom stereocenters. The van der Waals surface area contributed by atoms with Crippen molar-refractivity contribution in [2.24, 2.45) is 0 Å². The van der Waals surface area contributed by atoms with Crippen molar-refractivity contribution in [2.75, 3.05) is 6.61 Å². The molecule has 0 radical (unpaired) electrons. The molecule has 0 amide bonds. The second kappa shape index (κ2) is 9.21. The summed E-state index contributed by atoms with van der Waals surface area (Å²) in [5.41, 5.74) is -0.231. The number of nitrogens with zero attached hydrogens (tertiary/aromatic N) is 1. The summed E-state index contributed by atoms with van der Waals surface area (Å²) in [5, 5.41) is 10.8. The van der Waals surface area contributed by atoms with E-state index in [0.29, 0.717) is 17.9 Å². The first-order chi connectivity index (χ1) is 13.3. The molecular formula is C21H25NO6. The Hall–Kier alpha value is -3.09. The first kappa shape index (κ1) is 21.2. The van der Waals surface area contributed by atoms with E-state index in [9.17, 15) is 14.9 Å². The zero-order valence-electron chi connectivity index (χ0n) is 16.5. The van der Waals surface area contributed by atoms with Gasteiger partial charge in [0.25, 0.3) is 5.69 Å². The Balaban J connectivity index is 2.15. The van der Waals surface area contributed by atoms with Crippen molar-refractivity contribution < 1.29 is 23.9 Å². The molecule has 1 atom stereocenters. The number of carbonyl (C=O) groups excluding carboxylic acids is 1. The molecule has 2 aromatic rings. The minimum atomic E-state index is -1.12. The molecule has 0 spiro atoms. The van der Waals surface area contributed by atoms with E-state index in [4.69, 9.17) is 14.2 Å². The Bertz CT molecular complexity index is 816. The zero-order valence-corrected chi connectivity index (χ0v) is 16.5. The van der Waals surface area contributed by atoms with Crippen LogP contribution in [0, 0.1) is 10.1 Å². The van der Waals surface area contributed by atoms with Crippen LogP contribution in [0.2, 0.25) is 0 Å². The van der Waals surface area contributed by atoms with Crippen LogP contribution in [0.4, 0.5) is 5.69 Å². The van der Waals surface area contributed by atoms with Crippen LogP contribution < -0.4 is 9.47 Å². The van der Waals surface area contributed by atoms with E-state index in [1.54, 1.807) is 39.0 Å². The lowest BCUT2D eigenvalue weighted by atomic mass is 10.1. The maximum absolute atomic E-state index is 12.0. The Morgan fingerprint density at radius 1 is 1.11 bits per heavy atom. The molecule has 2 rings (SSSR count). The van der Waals surface area contributed by atoms with Crippen molar-refractivity contribution in [3.63, 3.8) is 0 Å². The van der Waals surface area contributed by atoms with Gasteiger partial charge in [-0.1, -0.05) is 19.1 Å². The van der Waals surface area contributed by atoms with Crippen LogP contribution in [0.25, 0.3) is 0 Å². The molecule has 2 aromatic carbocycles. The molecule has 0 saturated carbocycles. The third kappa shape index (κ3) is 5.45. The maximum atomic E-state index is 12.0. The van der Waals surface area contributed by atoms with Crippen molar-refractivity contribution in [1.29, 1.82) is 0 Å². The quantitative estimate of drug-likeness (QED) is 0.347. The second-order valence-corrected chi connectivity index (χ2v) is 6.67. The second-order valence-electron chi connectivity index (χ2n) is 6.67. The highest BCUT2D eigenvalue weighted by molar-refractivity contribution is 5.79. The first-order valence-electron chi connectivity index (χ1n) is 9.14. The summed E-state index contributed by atoms with van der Waals surface area (Å²) in [5.74, 6) is 0.631. The summed E-state index contributed by atoms with van der Waals surface area (Å²) in [6.45, 7) is 7.32. The number of carbonyl (C=O) groups is 1. The van der Waals surface area contributed by atoms with Crippen LogP contribution in [-0.2, 0) is 9.53 Å². The smallest absolute Gasteiger partial charge is 0.349 e. The standard InChI is InChI=1S/C21H25NO6/c1-5-19(27-17-12-10-16(11-13-17)22(24)25)15-8-7-9-18(14-15)28-21(3,4)20(23)26-6-2/h7-14,19H,5-6H2,1-4H3. The third-order valence-electron chi connectivity index (χ3n) is 4.07. The summed E-state index contributed by atoms with van der Waals surface area (Å²) in [4.78, 5) is 22.4. The van der Waals surface area contributed by atoms with Crippen molar-refractivity contribution >= 4 is 11.7 Å². The lowest BCUT2D eigenvalue weighted by molar-refractivity contribution is -0.384. The van der Waals surface area contributed by atoms with Crippen LogP contribution in [-0.4, -0.2) is 23.1 Å². The molecule has 7 nitrogen and oxygen atoms in total. The molecule has 150 valence electrons. The third-order valence-corrected chi connectivity index (χ3v) is 4.07. The highest BCUT2D eigenvalue weighted by Gasteiger charge is 2.31. The van der Waals surface area contributed by atoms with E-state index in [1.165, 1.54) is 12.1 Å². The summed E-state index contributed by atoms with van der Waals surface area (Å²) < 4.78 is 16.9. The number of hydrogen-bond acceptors (Lipinski definition) is 6. The fraction of sp³-hybridized carbons (Fsp3) is 0.381. The molecule has 0 aromatic heterocycles. The molecule has 0 aliphatic heterocycles. The van der Waals surface area contributed by atoms with Gasteiger partial charge in [-0.2, -0.15) is 0 Å². The highest BCUT2D eigenvalue weighted by atomic mass is 16.6. The van der Waals surface area contributed by atoms with Gasteiger partial charge in [0, 0.05) is 12.1 Å². The number of nitro benzene ring substituents is 1. The van der Waals surface area contributed by atoms with Gasteiger partial charge >= 0.3 is 5.97 Å². The lowest BCUT2D eigenvalue weighted by Crippen LogP contribution is -2.39. The van der Waals surface area contributed by atoms with Crippen LogP contribution in [0.1, 0.15) is 45.8 Å². The van der Waals surface area contributed by atoms with Gasteiger partial charge in [-0.05, 0) is 57.0 Å². The zero-order chi connectivity index (χ0) is 20.7. The van der Waals surface area contributed by atoms with Crippen LogP contribution in [0.15, 0.2) is 48.5 Å². The molecular weight excluding hydrogens is 362 g/mol. The molecule has 0 aliphatic carbocycles. The van der Waals surface area contributed by atoms with Crippen molar-refractivity contribution in [1.82, 2.24) is 0 Å². The average molecular weight is 387 g/mol. The summed E-state index contributed by atoms with van der Waals surface area (Å²) >= 11 is 0. The van der Waals surface area contributed by atoms with Gasteiger partial charge in [0.15, 0.2) is 5.60 Å². The Morgan fingerprint density at radius 3 is 2.36 bits per heavy atom. The minimum Gasteiger partial charge on any atom is -0.486 e. The monoisotopic (exact) mass is 387 g/mol. The van der Waals surface area contributed by atoms with E-state index in [0.717, 1.165) is 5.56 Å². The Kier molecular flexibility index (Phi) is 6.98. The molecule has 0 heterocycles. The van der Waals surface area contributed by atoms with Gasteiger partial charge in [0.2, 0.25) is 0 Å². The fourth-order valence-electron chi connectivity index (χ4n) is 2.62. The van der Waals surface area contributed by atoms with E-state index in [-0.39, 0.29) is 18.4 Å². The lowest BCUT2D eigenvalue weighted by Gasteiger charge is -2.25. The summed E-state index contributed by atoms with van der Waals surface area (Å²) in [6, 6.07) is 13.3. The molecule has 28 heavy (non-hydrogen) atoms. The van der Waals surface area contributed by atoms with E-state index >= 15 is 0 Å². The van der Waals surface area contributed by atoms with Gasteiger partial charge in [-0.15, -0.1) is 0 Å². The van der Waals surface area contributed by atoms with Crippen LogP contribution >= 0.6 is 0 Å². The molecule has 0 aliphatic rings. The molecule has 7 heteroatoms. The van der Waals surface area contributed by atoms with Gasteiger partial charge < -0.3 is 14.2 Å². The SMILES string of the molecule is CCOC(=O)C(C)(C)Oc1cccc(C(CC)Oc2ccc([N+](=O)[O-])cc2)c1. The molecule has 0 bridgehead atoms. The van der Waals surface area contributed by atoms with Gasteiger partial charge in [-0.3, -0.25) is 10.1 Å². The minimum absolute atomic E-state index is 0.0111. The van der Waals surface area contributed by atoms with Crippen LogP contribution in [0.5, 0.6) is 11.5 Å². The van der Waals surface area contributed by atoms with Crippen molar-refractivity contribution in [3.8, 4) is 11.5 Å². The number of benzene rings is 2. The van der Waals surface area contributed by atoms with Crippen molar-refractivity contribution in [3.05, 3.63) is 64.2 Å². The normalized spacial score (nSPS) is 12.1. The number of nitro groups is 1. The van der Waals surface area contributed by atoms with E-state index < -0.39 is 16.5 Å². The van der Waals surface area contributed by atoms with Gasteiger partial charge in [-0.25, -0.2) is 4.79 Å². The first-order valence-corrected chi connectivity index (χ1v) is 9.14. The highest BCUT2D eigenvalue weighted by Crippen LogP contribution is 2.29.